The summed E-state index contributed by atoms with van der Waals surface area (Å²) in [5, 5.41) is 6.12. The van der Waals surface area contributed by atoms with E-state index < -0.39 is 0 Å². The van der Waals surface area contributed by atoms with Crippen LogP contribution in [0.2, 0.25) is 0 Å². The number of ether oxygens (including phenoxy) is 1. The monoisotopic (exact) mass is 264 g/mol. The SMILES string of the molecule is CCCNCCNC(=O)c1cccc(OC(C)C)c1. The van der Waals surface area contributed by atoms with Crippen LogP contribution in [-0.2, 0) is 0 Å². The van der Waals surface area contributed by atoms with Gasteiger partial charge in [-0.2, -0.15) is 0 Å². The Hall–Kier alpha value is -1.55. The van der Waals surface area contributed by atoms with Crippen LogP contribution in [0.4, 0.5) is 0 Å². The highest BCUT2D eigenvalue weighted by Crippen LogP contribution is 2.14. The average molecular weight is 264 g/mol. The van der Waals surface area contributed by atoms with Gasteiger partial charge < -0.3 is 15.4 Å². The predicted octanol–water partition coefficient (Wildman–Crippen LogP) is 2.20. The maximum absolute atomic E-state index is 11.9. The van der Waals surface area contributed by atoms with Crippen LogP contribution in [0.1, 0.15) is 37.6 Å². The first-order valence-electron chi connectivity index (χ1n) is 6.89. The van der Waals surface area contributed by atoms with Gasteiger partial charge in [0.2, 0.25) is 0 Å². The summed E-state index contributed by atoms with van der Waals surface area (Å²) in [5.41, 5.74) is 0.633. The van der Waals surface area contributed by atoms with E-state index in [1.807, 2.05) is 26.0 Å². The summed E-state index contributed by atoms with van der Waals surface area (Å²) in [6.07, 6.45) is 1.21. The molecule has 1 aromatic carbocycles. The third-order valence-electron chi connectivity index (χ3n) is 2.48. The lowest BCUT2D eigenvalue weighted by Crippen LogP contribution is -2.32. The summed E-state index contributed by atoms with van der Waals surface area (Å²) >= 11 is 0. The Bertz CT molecular complexity index is 391. The first-order chi connectivity index (χ1) is 9.13. The predicted molar refractivity (Wildman–Crippen MR) is 77.7 cm³/mol. The lowest BCUT2D eigenvalue weighted by Gasteiger charge is -2.11. The molecule has 0 fully saturated rings. The second-order valence-corrected chi connectivity index (χ2v) is 4.70. The van der Waals surface area contributed by atoms with Gasteiger partial charge in [0, 0.05) is 18.7 Å². The third-order valence-corrected chi connectivity index (χ3v) is 2.48. The molecule has 0 radical (unpaired) electrons. The molecule has 0 saturated heterocycles. The van der Waals surface area contributed by atoms with Crippen LogP contribution >= 0.6 is 0 Å². The maximum Gasteiger partial charge on any atom is 0.251 e. The fourth-order valence-corrected chi connectivity index (χ4v) is 1.65. The third kappa shape index (κ3) is 6.25. The van der Waals surface area contributed by atoms with Gasteiger partial charge in [0.25, 0.3) is 5.91 Å². The molecule has 0 aliphatic rings. The molecule has 106 valence electrons. The lowest BCUT2D eigenvalue weighted by molar-refractivity contribution is 0.0953. The van der Waals surface area contributed by atoms with E-state index in [1.165, 1.54) is 0 Å². The highest BCUT2D eigenvalue weighted by atomic mass is 16.5. The van der Waals surface area contributed by atoms with Crippen molar-refractivity contribution in [1.29, 1.82) is 0 Å². The van der Waals surface area contributed by atoms with Crippen molar-refractivity contribution in [3.05, 3.63) is 29.8 Å². The molecule has 4 nitrogen and oxygen atoms in total. The molecular weight excluding hydrogens is 240 g/mol. The number of hydrogen-bond donors (Lipinski definition) is 2. The van der Waals surface area contributed by atoms with Gasteiger partial charge in [-0.3, -0.25) is 4.79 Å². The lowest BCUT2D eigenvalue weighted by atomic mass is 10.2. The minimum Gasteiger partial charge on any atom is -0.491 e. The van der Waals surface area contributed by atoms with Gasteiger partial charge in [-0.1, -0.05) is 13.0 Å². The van der Waals surface area contributed by atoms with Crippen LogP contribution < -0.4 is 15.4 Å². The van der Waals surface area contributed by atoms with E-state index in [-0.39, 0.29) is 12.0 Å². The molecule has 0 aliphatic carbocycles. The molecule has 0 aliphatic heterocycles. The number of carbonyl (C=O) groups is 1. The van der Waals surface area contributed by atoms with Crippen molar-refractivity contribution in [2.24, 2.45) is 0 Å². The summed E-state index contributed by atoms with van der Waals surface area (Å²) in [5.74, 6) is 0.666. The molecule has 0 bridgehead atoms. The fraction of sp³-hybridized carbons (Fsp3) is 0.533. The summed E-state index contributed by atoms with van der Waals surface area (Å²) in [7, 11) is 0. The molecule has 0 unspecified atom stereocenters. The van der Waals surface area contributed by atoms with E-state index in [2.05, 4.69) is 17.6 Å². The van der Waals surface area contributed by atoms with Crippen LogP contribution in [0.5, 0.6) is 5.75 Å². The standard InChI is InChI=1S/C15H24N2O2/c1-4-8-16-9-10-17-15(18)13-6-5-7-14(11-13)19-12(2)3/h5-7,11-12,16H,4,8-10H2,1-3H3,(H,17,18). The molecule has 4 heteroatoms. The van der Waals surface area contributed by atoms with Gasteiger partial charge >= 0.3 is 0 Å². The number of benzene rings is 1. The van der Waals surface area contributed by atoms with Crippen LogP contribution in [0.15, 0.2) is 24.3 Å². The van der Waals surface area contributed by atoms with Crippen molar-refractivity contribution in [2.45, 2.75) is 33.3 Å². The van der Waals surface area contributed by atoms with Crippen LogP contribution in [-0.4, -0.2) is 31.6 Å². The summed E-state index contributed by atoms with van der Waals surface area (Å²) in [4.78, 5) is 11.9. The van der Waals surface area contributed by atoms with E-state index >= 15 is 0 Å². The number of hydrogen-bond acceptors (Lipinski definition) is 3. The van der Waals surface area contributed by atoms with Crippen molar-refractivity contribution in [3.63, 3.8) is 0 Å². The van der Waals surface area contributed by atoms with Gasteiger partial charge in [0.15, 0.2) is 0 Å². The van der Waals surface area contributed by atoms with Crippen molar-refractivity contribution in [3.8, 4) is 5.75 Å². The van der Waals surface area contributed by atoms with Gasteiger partial charge in [0.05, 0.1) is 6.10 Å². The van der Waals surface area contributed by atoms with Crippen LogP contribution in [0.3, 0.4) is 0 Å². The first-order valence-corrected chi connectivity index (χ1v) is 6.89. The Balaban J connectivity index is 2.43. The fourth-order valence-electron chi connectivity index (χ4n) is 1.65. The van der Waals surface area contributed by atoms with Crippen molar-refractivity contribution in [1.82, 2.24) is 10.6 Å². The van der Waals surface area contributed by atoms with Crippen LogP contribution in [0, 0.1) is 0 Å². The molecule has 1 amide bonds. The Morgan fingerprint density at radius 1 is 1.26 bits per heavy atom. The molecule has 0 heterocycles. The first kappa shape index (κ1) is 15.5. The number of carbonyl (C=O) groups excluding carboxylic acids is 1. The van der Waals surface area contributed by atoms with Gasteiger partial charge in [-0.15, -0.1) is 0 Å². The quantitative estimate of drug-likeness (QED) is 0.708. The largest absolute Gasteiger partial charge is 0.491 e. The van der Waals surface area contributed by atoms with Crippen molar-refractivity contribution >= 4 is 5.91 Å². The van der Waals surface area contributed by atoms with E-state index in [1.54, 1.807) is 12.1 Å². The topological polar surface area (TPSA) is 50.4 Å². The molecule has 2 N–H and O–H groups in total. The summed E-state index contributed by atoms with van der Waals surface area (Å²) in [6, 6.07) is 7.26. The molecule has 0 spiro atoms. The van der Waals surface area contributed by atoms with Crippen LogP contribution in [0.25, 0.3) is 0 Å². The normalized spacial score (nSPS) is 10.5. The molecular formula is C15H24N2O2. The molecule has 1 rings (SSSR count). The molecule has 19 heavy (non-hydrogen) atoms. The zero-order valence-corrected chi connectivity index (χ0v) is 12.0. The van der Waals surface area contributed by atoms with E-state index in [0.29, 0.717) is 12.1 Å². The average Bonchev–Trinajstić information content (AvgIpc) is 2.38. The smallest absolute Gasteiger partial charge is 0.251 e. The highest BCUT2D eigenvalue weighted by Gasteiger charge is 2.06. The Morgan fingerprint density at radius 3 is 2.74 bits per heavy atom. The summed E-state index contributed by atoms with van der Waals surface area (Å²) in [6.45, 7) is 8.45. The second kappa shape index (κ2) is 8.53. The van der Waals surface area contributed by atoms with E-state index in [4.69, 9.17) is 4.74 Å². The van der Waals surface area contributed by atoms with Gasteiger partial charge in [0.1, 0.15) is 5.75 Å². The molecule has 1 aromatic rings. The number of rotatable bonds is 8. The second-order valence-electron chi connectivity index (χ2n) is 4.70. The minimum absolute atomic E-state index is 0.0625. The number of amides is 1. The Labute approximate surface area is 115 Å². The summed E-state index contributed by atoms with van der Waals surface area (Å²) < 4.78 is 5.57. The number of nitrogens with one attached hydrogen (secondary N) is 2. The maximum atomic E-state index is 11.9. The zero-order valence-electron chi connectivity index (χ0n) is 12.0. The molecule has 0 saturated carbocycles. The van der Waals surface area contributed by atoms with E-state index in [9.17, 15) is 4.79 Å². The van der Waals surface area contributed by atoms with Crippen molar-refractivity contribution < 1.29 is 9.53 Å². The Morgan fingerprint density at radius 2 is 2.05 bits per heavy atom. The van der Waals surface area contributed by atoms with Gasteiger partial charge in [-0.25, -0.2) is 0 Å². The van der Waals surface area contributed by atoms with Crippen molar-refractivity contribution in [2.75, 3.05) is 19.6 Å². The minimum atomic E-state index is -0.0625. The van der Waals surface area contributed by atoms with Gasteiger partial charge in [-0.05, 0) is 45.0 Å². The molecule has 0 atom stereocenters. The Kier molecular flexibility index (Phi) is 6.97. The zero-order chi connectivity index (χ0) is 14.1. The van der Waals surface area contributed by atoms with E-state index in [0.717, 1.165) is 25.3 Å². The molecule has 0 aromatic heterocycles. The highest BCUT2D eigenvalue weighted by molar-refractivity contribution is 5.94.